The maximum atomic E-state index is 13.7. The van der Waals surface area contributed by atoms with Gasteiger partial charge in [0.1, 0.15) is 43.0 Å². The molecular formula is C41H70N14O14P2. The molecule has 0 amide bonds. The van der Waals surface area contributed by atoms with Gasteiger partial charge in [-0.3, -0.25) is 47.9 Å². The number of nitrogens with one attached hydrogen (secondary N) is 6. The molecule has 1 aliphatic rings. The van der Waals surface area contributed by atoms with E-state index in [1.807, 2.05) is 0 Å². The Morgan fingerprint density at radius 2 is 1.06 bits per heavy atom. The van der Waals surface area contributed by atoms with E-state index in [0.717, 1.165) is 25.7 Å². The van der Waals surface area contributed by atoms with Crippen molar-refractivity contribution in [2.45, 2.75) is 138 Å². The van der Waals surface area contributed by atoms with Crippen molar-refractivity contribution in [1.82, 2.24) is 59.4 Å². The number of fused-ring (bicyclic) bond motifs is 2. The van der Waals surface area contributed by atoms with Crippen molar-refractivity contribution in [3.8, 4) is 0 Å². The zero-order chi connectivity index (χ0) is 51.8. The van der Waals surface area contributed by atoms with Crippen molar-refractivity contribution in [2.24, 2.45) is 0 Å². The number of ether oxygens (including phenoxy) is 6. The van der Waals surface area contributed by atoms with E-state index in [4.69, 9.17) is 39.9 Å². The molecule has 71 heavy (non-hydrogen) atoms. The number of nitrogen functional groups attached to an aromatic ring is 2. The Morgan fingerprint density at radius 3 is 1.44 bits per heavy atom. The van der Waals surface area contributed by atoms with E-state index in [0.29, 0.717) is 5.65 Å². The summed E-state index contributed by atoms with van der Waals surface area (Å²) in [7, 11) is -7.23. The fourth-order valence-corrected chi connectivity index (χ4v) is 11.0. The number of carbonyl (C=O) groups excluding carboxylic acids is 4. The maximum absolute atomic E-state index is 13.7. The molecule has 398 valence electrons. The highest BCUT2D eigenvalue weighted by Crippen LogP contribution is 2.39. The standard InChI is InChI=1S/C21H34N7O7P.C19H32N7O7P.CH4/c1-4-34-19(30)13(2)26-36(32,27-14(3)20(31)35-15-7-5-6-8-15)12-33-10-9-28-11-23-16-17(28)24-21(22)25-18(16)29;1-6-32-17(28)12(4)24-34(30,25-13(5)18(29)33-11(2)3)10-31-8-7-26-9-21-14-15(26)22-19(20)23-16(14)27;/h11,13-15H,4-10,12H2,1-3H3,(H2,26,27,32)(H3,22,24,25,29);9,11-13H,6-8,10H2,1-5H3,(H2,24,25,30)(H3,20,22,23,27);1H4/t13-,14-,36?;12-,13+,34?;/m11./s1. The van der Waals surface area contributed by atoms with Crippen LogP contribution in [0.25, 0.3) is 22.3 Å². The molecule has 1 aliphatic carbocycles. The largest absolute Gasteiger partial charge is 0.465 e. The second kappa shape index (κ2) is 27.9. The summed E-state index contributed by atoms with van der Waals surface area (Å²) in [6.45, 7) is 13.7. The average molecular weight is 1050 g/mol. The highest BCUT2D eigenvalue weighted by Gasteiger charge is 2.34. The van der Waals surface area contributed by atoms with Crippen molar-refractivity contribution in [3.63, 3.8) is 0 Å². The molecule has 1 saturated carbocycles. The Kier molecular flexibility index (Phi) is 23.4. The molecule has 0 aromatic carbocycles. The Labute approximate surface area is 410 Å². The van der Waals surface area contributed by atoms with Crippen LogP contribution in [0.5, 0.6) is 0 Å². The van der Waals surface area contributed by atoms with Gasteiger partial charge in [0.25, 0.3) is 11.1 Å². The first-order valence-electron chi connectivity index (χ1n) is 22.7. The molecule has 0 saturated heterocycles. The van der Waals surface area contributed by atoms with Crippen LogP contribution in [0.3, 0.4) is 0 Å². The molecule has 0 spiro atoms. The molecule has 1 fully saturated rings. The topological polar surface area (TPSA) is 385 Å². The molecule has 28 nitrogen and oxygen atoms in total. The number of esters is 4. The number of nitrogens with two attached hydrogens (primary N) is 2. The fourth-order valence-electron chi connectivity index (χ4n) is 6.81. The van der Waals surface area contributed by atoms with E-state index in [-0.39, 0.29) is 100 Å². The molecular weight excluding hydrogens is 974 g/mol. The Bertz CT molecular complexity index is 2610. The van der Waals surface area contributed by atoms with Gasteiger partial charge >= 0.3 is 23.9 Å². The first-order chi connectivity index (χ1) is 33.1. The molecule has 4 heterocycles. The average Bonchev–Trinajstić information content (AvgIpc) is 4.05. The Morgan fingerprint density at radius 1 is 0.676 bits per heavy atom. The van der Waals surface area contributed by atoms with Crippen molar-refractivity contribution in [2.75, 3.05) is 50.6 Å². The first-order valence-corrected chi connectivity index (χ1v) is 26.5. The highest BCUT2D eigenvalue weighted by atomic mass is 31.2. The van der Waals surface area contributed by atoms with Crippen LogP contribution in [-0.2, 0) is 69.8 Å². The molecule has 6 atom stereocenters. The van der Waals surface area contributed by atoms with Crippen molar-refractivity contribution >= 4 is 73.0 Å². The third kappa shape index (κ3) is 18.2. The van der Waals surface area contributed by atoms with Gasteiger partial charge in [-0.25, -0.2) is 30.3 Å². The normalized spacial score (nSPS) is 16.1. The molecule has 0 radical (unpaired) electrons. The Balaban J connectivity index is 0.000000371. The smallest absolute Gasteiger partial charge is 0.323 e. The SMILES string of the molecule is C.CCOC(=O)[C@@H](C)NP(=O)(COCCn1cnc2c(=O)[nH]c(N)nc21)N[C@@H](C)C(=O)OC(C)C.CCOC(=O)[C@@H](C)NP(=O)(COCCn1cnc2c(=O)[nH]c(N)nc21)N[C@H](C)C(=O)OC1CCCC1. The molecule has 0 aliphatic heterocycles. The van der Waals surface area contributed by atoms with E-state index in [1.54, 1.807) is 43.8 Å². The van der Waals surface area contributed by atoms with E-state index in [1.165, 1.54) is 33.4 Å². The van der Waals surface area contributed by atoms with Crippen LogP contribution in [0, 0.1) is 0 Å². The predicted molar refractivity (Wildman–Crippen MR) is 262 cm³/mol. The minimum absolute atomic E-state index is 0. The van der Waals surface area contributed by atoms with Crippen LogP contribution in [0.4, 0.5) is 11.9 Å². The van der Waals surface area contributed by atoms with E-state index < -0.39 is 74.0 Å². The van der Waals surface area contributed by atoms with E-state index >= 15 is 0 Å². The van der Waals surface area contributed by atoms with Crippen molar-refractivity contribution in [3.05, 3.63) is 33.4 Å². The van der Waals surface area contributed by atoms with Crippen LogP contribution < -0.4 is 42.9 Å². The van der Waals surface area contributed by atoms with Crippen LogP contribution in [-0.4, -0.2) is 138 Å². The number of nitrogens with zero attached hydrogens (tertiary/aromatic N) is 6. The highest BCUT2D eigenvalue weighted by molar-refractivity contribution is 7.60. The molecule has 4 aromatic rings. The summed E-state index contributed by atoms with van der Waals surface area (Å²) in [6.07, 6.45) is 5.32. The lowest BCUT2D eigenvalue weighted by atomic mass is 10.3. The third-order valence-corrected chi connectivity index (χ3v) is 14.3. The zero-order valence-corrected chi connectivity index (χ0v) is 42.3. The quantitative estimate of drug-likeness (QED) is 0.0192. The number of aromatic amines is 2. The van der Waals surface area contributed by atoms with Crippen LogP contribution in [0.1, 0.15) is 88.5 Å². The van der Waals surface area contributed by atoms with Crippen LogP contribution >= 0.6 is 14.9 Å². The summed E-state index contributed by atoms with van der Waals surface area (Å²) in [5.41, 5.74) is 11.1. The zero-order valence-electron chi connectivity index (χ0n) is 40.6. The monoisotopic (exact) mass is 1040 g/mol. The van der Waals surface area contributed by atoms with Crippen molar-refractivity contribution < 1.29 is 56.7 Å². The number of carbonyl (C=O) groups is 4. The van der Waals surface area contributed by atoms with Crippen LogP contribution in [0.15, 0.2) is 22.2 Å². The van der Waals surface area contributed by atoms with E-state index in [2.05, 4.69) is 50.3 Å². The number of hydrogen-bond donors (Lipinski definition) is 8. The summed E-state index contributed by atoms with van der Waals surface area (Å²) in [5, 5.41) is 10.9. The summed E-state index contributed by atoms with van der Waals surface area (Å²) in [4.78, 5) is 93.6. The van der Waals surface area contributed by atoms with E-state index in [9.17, 15) is 37.9 Å². The van der Waals surface area contributed by atoms with Crippen LogP contribution in [0.2, 0.25) is 0 Å². The predicted octanol–water partition coefficient (Wildman–Crippen LogP) is 1.85. The van der Waals surface area contributed by atoms with Gasteiger partial charge in [-0.1, -0.05) is 7.43 Å². The summed E-state index contributed by atoms with van der Waals surface area (Å²) < 4.78 is 62.2. The minimum atomic E-state index is -3.62. The van der Waals surface area contributed by atoms with Gasteiger partial charge in [0.2, 0.25) is 26.8 Å². The molecule has 10 N–H and O–H groups in total. The lowest BCUT2D eigenvalue weighted by Crippen LogP contribution is -2.43. The molecule has 2 unspecified atom stereocenters. The van der Waals surface area contributed by atoms with Gasteiger partial charge < -0.3 is 49.0 Å². The molecule has 4 aromatic heterocycles. The number of anilines is 2. The molecule has 30 heteroatoms. The number of rotatable bonds is 26. The molecule has 5 rings (SSSR count). The van der Waals surface area contributed by atoms with Gasteiger partial charge in [-0.05, 0) is 81.1 Å². The first kappa shape index (κ1) is 59.7. The van der Waals surface area contributed by atoms with Crippen molar-refractivity contribution in [1.29, 1.82) is 0 Å². The number of aromatic nitrogens is 8. The van der Waals surface area contributed by atoms with Gasteiger partial charge in [0.05, 0.1) is 45.2 Å². The van der Waals surface area contributed by atoms with Gasteiger partial charge in [-0.15, -0.1) is 0 Å². The Hall–Kier alpha value is -5.60. The lowest BCUT2D eigenvalue weighted by Gasteiger charge is -2.26. The number of imidazole rings is 2. The fraction of sp³-hybridized carbons (Fsp3) is 0.659. The number of hydrogen-bond acceptors (Lipinski definition) is 20. The minimum Gasteiger partial charge on any atom is -0.465 e. The summed E-state index contributed by atoms with van der Waals surface area (Å²) >= 11 is 0. The lowest BCUT2D eigenvalue weighted by molar-refractivity contribution is -0.150. The summed E-state index contributed by atoms with van der Waals surface area (Å²) in [5.74, 6) is -2.39. The maximum Gasteiger partial charge on any atom is 0.323 e. The van der Waals surface area contributed by atoms with Gasteiger partial charge in [0.15, 0.2) is 22.3 Å². The summed E-state index contributed by atoms with van der Waals surface area (Å²) in [6, 6.07) is -3.68. The van der Waals surface area contributed by atoms with Gasteiger partial charge in [-0.2, -0.15) is 9.97 Å². The second-order valence-corrected chi connectivity index (χ2v) is 20.9. The molecule has 0 bridgehead atoms. The second-order valence-electron chi connectivity index (χ2n) is 16.4. The third-order valence-electron chi connectivity index (χ3n) is 10.0. The number of H-pyrrole nitrogens is 2. The van der Waals surface area contributed by atoms with Gasteiger partial charge in [0, 0.05) is 13.1 Å².